The number of carbonyl (C=O) groups is 3. The van der Waals surface area contributed by atoms with Gasteiger partial charge in [-0.15, -0.1) is 0 Å². The first-order valence-corrected chi connectivity index (χ1v) is 9.11. The normalized spacial score (nSPS) is 11.4. The molecule has 0 bridgehead atoms. The zero-order chi connectivity index (χ0) is 20.8. The van der Waals surface area contributed by atoms with Crippen LogP contribution in [-0.2, 0) is 9.53 Å². The standard InChI is InChI=1S/C22H17ClN2O4/c1-14(26)16-8-5-9-18(12-16)25-21(27)20(15-6-3-2-4-7-15)29-22(28)17-10-11-19(23)24-13-17/h2-13,20H,1H3,(H,25,27). The number of rotatable bonds is 6. The van der Waals surface area contributed by atoms with E-state index in [9.17, 15) is 14.4 Å². The molecule has 1 amide bonds. The maximum absolute atomic E-state index is 12.9. The summed E-state index contributed by atoms with van der Waals surface area (Å²) in [5.41, 5.74) is 1.56. The number of nitrogens with zero attached hydrogens (tertiary/aromatic N) is 1. The third kappa shape index (κ3) is 5.27. The molecule has 1 heterocycles. The number of pyridine rings is 1. The van der Waals surface area contributed by atoms with E-state index in [1.54, 1.807) is 54.6 Å². The molecule has 146 valence electrons. The first-order chi connectivity index (χ1) is 13.9. The summed E-state index contributed by atoms with van der Waals surface area (Å²) in [4.78, 5) is 40.8. The van der Waals surface area contributed by atoms with Crippen molar-refractivity contribution in [2.24, 2.45) is 0 Å². The van der Waals surface area contributed by atoms with Crippen LogP contribution in [0.3, 0.4) is 0 Å². The molecule has 0 radical (unpaired) electrons. The zero-order valence-corrected chi connectivity index (χ0v) is 16.2. The maximum atomic E-state index is 12.9. The number of aromatic nitrogens is 1. The highest BCUT2D eigenvalue weighted by Crippen LogP contribution is 2.22. The van der Waals surface area contributed by atoms with Gasteiger partial charge in [-0.25, -0.2) is 9.78 Å². The molecule has 0 saturated heterocycles. The van der Waals surface area contributed by atoms with E-state index in [1.807, 2.05) is 0 Å². The summed E-state index contributed by atoms with van der Waals surface area (Å²) >= 11 is 5.74. The van der Waals surface area contributed by atoms with Gasteiger partial charge >= 0.3 is 5.97 Å². The third-order valence-corrected chi connectivity index (χ3v) is 4.29. The number of benzene rings is 2. The van der Waals surface area contributed by atoms with E-state index in [0.717, 1.165) is 0 Å². The molecule has 0 saturated carbocycles. The molecule has 2 aromatic carbocycles. The summed E-state index contributed by atoms with van der Waals surface area (Å²) in [6.07, 6.45) is 0.0846. The summed E-state index contributed by atoms with van der Waals surface area (Å²) < 4.78 is 5.47. The molecule has 1 atom stereocenters. The van der Waals surface area contributed by atoms with Gasteiger partial charge in [-0.05, 0) is 31.2 Å². The first kappa shape index (κ1) is 20.2. The van der Waals surface area contributed by atoms with E-state index in [4.69, 9.17) is 16.3 Å². The summed E-state index contributed by atoms with van der Waals surface area (Å²) in [7, 11) is 0. The highest BCUT2D eigenvalue weighted by Gasteiger charge is 2.26. The Bertz CT molecular complexity index is 1040. The molecule has 6 nitrogen and oxygen atoms in total. The van der Waals surface area contributed by atoms with Crippen LogP contribution < -0.4 is 5.32 Å². The number of Topliss-reactive ketones (excluding diaryl/α,β-unsaturated/α-hetero) is 1. The molecule has 0 aliphatic heterocycles. The van der Waals surface area contributed by atoms with Crippen molar-refractivity contribution in [3.63, 3.8) is 0 Å². The number of hydrogen-bond donors (Lipinski definition) is 1. The number of ether oxygens (including phenoxy) is 1. The lowest BCUT2D eigenvalue weighted by Gasteiger charge is -2.18. The fraction of sp³-hybridized carbons (Fsp3) is 0.0909. The third-order valence-electron chi connectivity index (χ3n) is 4.07. The van der Waals surface area contributed by atoms with Gasteiger partial charge in [-0.3, -0.25) is 9.59 Å². The first-order valence-electron chi connectivity index (χ1n) is 8.73. The Hall–Kier alpha value is -3.51. The van der Waals surface area contributed by atoms with Crippen LogP contribution in [0.1, 0.15) is 39.3 Å². The van der Waals surface area contributed by atoms with Crippen LogP contribution in [0.15, 0.2) is 72.9 Å². The Morgan fingerprint density at radius 3 is 2.38 bits per heavy atom. The van der Waals surface area contributed by atoms with E-state index in [1.165, 1.54) is 25.3 Å². The van der Waals surface area contributed by atoms with Crippen LogP contribution in [0.2, 0.25) is 5.15 Å². The number of halogens is 1. The lowest BCUT2D eigenvalue weighted by Crippen LogP contribution is -2.26. The second kappa shape index (κ2) is 9.12. The quantitative estimate of drug-likeness (QED) is 0.369. The van der Waals surface area contributed by atoms with Crippen LogP contribution in [-0.4, -0.2) is 22.6 Å². The van der Waals surface area contributed by atoms with Crippen molar-refractivity contribution in [3.05, 3.63) is 94.8 Å². The van der Waals surface area contributed by atoms with Crippen molar-refractivity contribution in [2.45, 2.75) is 13.0 Å². The van der Waals surface area contributed by atoms with Gasteiger partial charge in [-0.1, -0.05) is 54.1 Å². The largest absolute Gasteiger partial charge is 0.444 e. The molecular weight excluding hydrogens is 392 g/mol. The lowest BCUT2D eigenvalue weighted by atomic mass is 10.1. The van der Waals surface area contributed by atoms with Gasteiger partial charge in [0, 0.05) is 23.0 Å². The minimum absolute atomic E-state index is 0.123. The smallest absolute Gasteiger partial charge is 0.340 e. The summed E-state index contributed by atoms with van der Waals surface area (Å²) in [5, 5.41) is 2.94. The number of ketones is 1. The molecule has 0 fully saturated rings. The van der Waals surface area contributed by atoms with Gasteiger partial charge in [-0.2, -0.15) is 0 Å². The van der Waals surface area contributed by atoms with Crippen molar-refractivity contribution >= 4 is 34.9 Å². The predicted molar refractivity (Wildman–Crippen MR) is 109 cm³/mol. The summed E-state index contributed by atoms with van der Waals surface area (Å²) in [6.45, 7) is 1.44. The molecule has 1 aromatic heterocycles. The van der Waals surface area contributed by atoms with Crippen molar-refractivity contribution < 1.29 is 19.1 Å². The average Bonchev–Trinajstić information content (AvgIpc) is 2.73. The Labute approximate surface area is 172 Å². The van der Waals surface area contributed by atoms with E-state index in [2.05, 4.69) is 10.3 Å². The Morgan fingerprint density at radius 2 is 1.72 bits per heavy atom. The van der Waals surface area contributed by atoms with Gasteiger partial charge in [0.2, 0.25) is 6.10 Å². The number of carbonyl (C=O) groups excluding carboxylic acids is 3. The van der Waals surface area contributed by atoms with Crippen LogP contribution in [0, 0.1) is 0 Å². The molecule has 1 N–H and O–H groups in total. The van der Waals surface area contributed by atoms with Crippen molar-refractivity contribution in [1.29, 1.82) is 0 Å². The predicted octanol–water partition coefficient (Wildman–Crippen LogP) is 4.47. The molecule has 1 unspecified atom stereocenters. The molecule has 7 heteroatoms. The zero-order valence-electron chi connectivity index (χ0n) is 15.5. The highest BCUT2D eigenvalue weighted by molar-refractivity contribution is 6.29. The average molecular weight is 409 g/mol. The number of nitrogens with one attached hydrogen (secondary N) is 1. The molecule has 3 aromatic rings. The monoisotopic (exact) mass is 408 g/mol. The molecule has 3 rings (SSSR count). The van der Waals surface area contributed by atoms with Gasteiger partial charge in [0.1, 0.15) is 5.15 Å². The van der Waals surface area contributed by atoms with Gasteiger partial charge in [0.25, 0.3) is 5.91 Å². The Kier molecular flexibility index (Phi) is 6.36. The number of anilines is 1. The fourth-order valence-corrected chi connectivity index (χ4v) is 2.71. The number of amides is 1. The number of esters is 1. The van der Waals surface area contributed by atoms with Crippen LogP contribution in [0.5, 0.6) is 0 Å². The van der Waals surface area contributed by atoms with E-state index in [-0.39, 0.29) is 16.5 Å². The summed E-state index contributed by atoms with van der Waals surface area (Å²) in [5.74, 6) is -1.38. The van der Waals surface area contributed by atoms with Gasteiger partial charge in [0.05, 0.1) is 5.56 Å². The summed E-state index contributed by atoms with van der Waals surface area (Å²) in [6, 6.07) is 18.1. The van der Waals surface area contributed by atoms with Crippen LogP contribution in [0.25, 0.3) is 0 Å². The van der Waals surface area contributed by atoms with Gasteiger partial charge < -0.3 is 10.1 Å². The minimum Gasteiger partial charge on any atom is -0.444 e. The maximum Gasteiger partial charge on any atom is 0.340 e. The van der Waals surface area contributed by atoms with E-state index < -0.39 is 18.0 Å². The number of hydrogen-bond acceptors (Lipinski definition) is 5. The van der Waals surface area contributed by atoms with Crippen LogP contribution in [0.4, 0.5) is 5.69 Å². The van der Waals surface area contributed by atoms with Crippen molar-refractivity contribution in [2.75, 3.05) is 5.32 Å². The van der Waals surface area contributed by atoms with E-state index in [0.29, 0.717) is 16.8 Å². The highest BCUT2D eigenvalue weighted by atomic mass is 35.5. The molecule has 0 spiro atoms. The molecule has 29 heavy (non-hydrogen) atoms. The van der Waals surface area contributed by atoms with Crippen molar-refractivity contribution in [3.8, 4) is 0 Å². The lowest BCUT2D eigenvalue weighted by molar-refractivity contribution is -0.125. The van der Waals surface area contributed by atoms with Crippen molar-refractivity contribution in [1.82, 2.24) is 4.98 Å². The molecule has 0 aliphatic carbocycles. The Balaban J connectivity index is 1.84. The second-order valence-electron chi connectivity index (χ2n) is 6.19. The van der Waals surface area contributed by atoms with Crippen LogP contribution >= 0.6 is 11.6 Å². The van der Waals surface area contributed by atoms with E-state index >= 15 is 0 Å². The topological polar surface area (TPSA) is 85.4 Å². The Morgan fingerprint density at radius 1 is 0.966 bits per heavy atom. The molecular formula is C22H17ClN2O4. The minimum atomic E-state index is -1.19. The SMILES string of the molecule is CC(=O)c1cccc(NC(=O)C(OC(=O)c2ccc(Cl)nc2)c2ccccc2)c1. The fourth-order valence-electron chi connectivity index (χ4n) is 2.60. The molecule has 0 aliphatic rings. The van der Waals surface area contributed by atoms with Gasteiger partial charge in [0.15, 0.2) is 5.78 Å². The second-order valence-corrected chi connectivity index (χ2v) is 6.58.